The number of Topliss-reactive ketones (excluding diaryl/α,β-unsaturated/α-hetero) is 1. The molecule has 0 aliphatic heterocycles. The highest BCUT2D eigenvalue weighted by molar-refractivity contribution is 6.43. The molecular weight excluding hydrogens is 289 g/mol. The van der Waals surface area contributed by atoms with Crippen LogP contribution in [0, 0.1) is 29.1 Å². The molecule has 5 fully saturated rings. The SMILES string of the molecule is NC(C(=O)C1CCCCC1B(O)O)C12CC3CC(CC(C3)C1)C2. The highest BCUT2D eigenvalue weighted by atomic mass is 16.4. The van der Waals surface area contributed by atoms with Gasteiger partial charge in [0.15, 0.2) is 5.78 Å². The molecular formula is C18H30BNO3. The predicted octanol–water partition coefficient (Wildman–Crippen LogP) is 2.13. The standard InChI is InChI=1S/C18H30BNO3/c20-17(16(21)14-3-1-2-4-15(14)19(22)23)18-8-11-5-12(9-18)7-13(6-11)10-18/h11-15,17,22-23H,1-10,20H2. The molecule has 0 heterocycles. The van der Waals surface area contributed by atoms with E-state index < -0.39 is 7.12 Å². The summed E-state index contributed by atoms with van der Waals surface area (Å²) in [6, 6.07) is -0.389. The van der Waals surface area contributed by atoms with E-state index in [-0.39, 0.29) is 29.0 Å². The first kappa shape index (κ1) is 16.1. The lowest BCUT2D eigenvalue weighted by atomic mass is 9.46. The van der Waals surface area contributed by atoms with E-state index in [4.69, 9.17) is 5.73 Å². The number of nitrogens with two attached hydrogens (primary N) is 1. The van der Waals surface area contributed by atoms with Crippen LogP contribution in [0.5, 0.6) is 0 Å². The van der Waals surface area contributed by atoms with Crippen LogP contribution in [-0.2, 0) is 4.79 Å². The number of hydrogen-bond donors (Lipinski definition) is 3. The summed E-state index contributed by atoms with van der Waals surface area (Å²) in [6.07, 6.45) is 10.9. The fourth-order valence-electron chi connectivity index (χ4n) is 6.96. The summed E-state index contributed by atoms with van der Waals surface area (Å²) in [7, 11) is -1.38. The first-order valence-corrected chi connectivity index (χ1v) is 9.64. The lowest BCUT2D eigenvalue weighted by Crippen LogP contribution is -2.59. The molecule has 0 radical (unpaired) electrons. The Morgan fingerprint density at radius 2 is 1.52 bits per heavy atom. The quantitative estimate of drug-likeness (QED) is 0.693. The van der Waals surface area contributed by atoms with E-state index in [0.717, 1.165) is 62.7 Å². The van der Waals surface area contributed by atoms with E-state index in [0.29, 0.717) is 0 Å². The van der Waals surface area contributed by atoms with Gasteiger partial charge in [-0.05, 0) is 68.1 Å². The number of carbonyl (C=O) groups excluding carboxylic acids is 1. The highest BCUT2D eigenvalue weighted by Crippen LogP contribution is 2.61. The van der Waals surface area contributed by atoms with Crippen molar-refractivity contribution in [2.45, 2.75) is 76.1 Å². The molecule has 5 saturated carbocycles. The van der Waals surface area contributed by atoms with Crippen LogP contribution >= 0.6 is 0 Å². The molecule has 5 aliphatic carbocycles. The van der Waals surface area contributed by atoms with Gasteiger partial charge in [0.25, 0.3) is 0 Å². The lowest BCUT2D eigenvalue weighted by molar-refractivity contribution is -0.135. The van der Waals surface area contributed by atoms with Crippen molar-refractivity contribution in [3.05, 3.63) is 0 Å². The fourth-order valence-corrected chi connectivity index (χ4v) is 6.96. The second-order valence-corrected chi connectivity index (χ2v) is 9.13. The molecule has 4 nitrogen and oxygen atoms in total. The summed E-state index contributed by atoms with van der Waals surface area (Å²) in [5.74, 6) is 1.93. The molecule has 3 atom stereocenters. The molecule has 0 spiro atoms. The lowest BCUT2D eigenvalue weighted by Gasteiger charge is -2.59. The van der Waals surface area contributed by atoms with Crippen molar-refractivity contribution >= 4 is 12.9 Å². The molecule has 4 N–H and O–H groups in total. The van der Waals surface area contributed by atoms with Gasteiger partial charge in [-0.2, -0.15) is 0 Å². The van der Waals surface area contributed by atoms with E-state index in [1.54, 1.807) is 0 Å². The predicted molar refractivity (Wildman–Crippen MR) is 89.5 cm³/mol. The van der Waals surface area contributed by atoms with E-state index in [9.17, 15) is 14.8 Å². The molecule has 0 saturated heterocycles. The summed E-state index contributed by atoms with van der Waals surface area (Å²) in [5.41, 5.74) is 6.62. The van der Waals surface area contributed by atoms with Crippen LogP contribution in [0.15, 0.2) is 0 Å². The maximum absolute atomic E-state index is 13.2. The normalized spacial score (nSPS) is 46.7. The van der Waals surface area contributed by atoms with Gasteiger partial charge < -0.3 is 15.8 Å². The second-order valence-electron chi connectivity index (χ2n) is 9.13. The van der Waals surface area contributed by atoms with Gasteiger partial charge in [0.1, 0.15) is 0 Å². The maximum Gasteiger partial charge on any atom is 0.455 e. The zero-order valence-corrected chi connectivity index (χ0v) is 14.0. The van der Waals surface area contributed by atoms with Crippen molar-refractivity contribution in [3.8, 4) is 0 Å². The van der Waals surface area contributed by atoms with Crippen LogP contribution in [-0.4, -0.2) is 29.0 Å². The van der Waals surface area contributed by atoms with Gasteiger partial charge >= 0.3 is 7.12 Å². The summed E-state index contributed by atoms with van der Waals surface area (Å²) < 4.78 is 0. The minimum atomic E-state index is -1.38. The molecule has 0 aromatic heterocycles. The molecule has 0 amide bonds. The number of ketones is 1. The van der Waals surface area contributed by atoms with Crippen molar-refractivity contribution in [3.63, 3.8) is 0 Å². The largest absolute Gasteiger partial charge is 0.455 e. The molecule has 3 unspecified atom stereocenters. The monoisotopic (exact) mass is 319 g/mol. The molecule has 0 aromatic carbocycles. The van der Waals surface area contributed by atoms with E-state index >= 15 is 0 Å². The minimum Gasteiger partial charge on any atom is -0.427 e. The first-order chi connectivity index (χ1) is 11.0. The van der Waals surface area contributed by atoms with Gasteiger partial charge in [-0.3, -0.25) is 4.79 Å². The molecule has 128 valence electrons. The van der Waals surface area contributed by atoms with Crippen LogP contribution in [0.2, 0.25) is 5.82 Å². The smallest absolute Gasteiger partial charge is 0.427 e. The Morgan fingerprint density at radius 3 is 2.04 bits per heavy atom. The van der Waals surface area contributed by atoms with Crippen molar-refractivity contribution in [1.82, 2.24) is 0 Å². The summed E-state index contributed by atoms with van der Waals surface area (Å²) in [5, 5.41) is 19.3. The van der Waals surface area contributed by atoms with Crippen LogP contribution in [0.4, 0.5) is 0 Å². The fraction of sp³-hybridized carbons (Fsp3) is 0.944. The summed E-state index contributed by atoms with van der Waals surface area (Å²) >= 11 is 0. The summed E-state index contributed by atoms with van der Waals surface area (Å²) in [6.45, 7) is 0. The number of carbonyl (C=O) groups is 1. The van der Waals surface area contributed by atoms with Gasteiger partial charge in [-0.15, -0.1) is 0 Å². The molecule has 23 heavy (non-hydrogen) atoms. The van der Waals surface area contributed by atoms with E-state index in [1.807, 2.05) is 0 Å². The average Bonchev–Trinajstić information content (AvgIpc) is 2.52. The van der Waals surface area contributed by atoms with Gasteiger partial charge in [0.05, 0.1) is 6.04 Å². The minimum absolute atomic E-state index is 0.0221. The third kappa shape index (κ3) is 2.69. The Morgan fingerprint density at radius 1 is 1.00 bits per heavy atom. The van der Waals surface area contributed by atoms with Crippen LogP contribution in [0.3, 0.4) is 0 Å². The third-order valence-electron chi connectivity index (χ3n) is 7.62. The van der Waals surface area contributed by atoms with Crippen molar-refractivity contribution in [2.75, 3.05) is 0 Å². The van der Waals surface area contributed by atoms with E-state index in [1.165, 1.54) is 19.3 Å². The Kier molecular flexibility index (Phi) is 4.10. The van der Waals surface area contributed by atoms with Gasteiger partial charge in [-0.1, -0.05) is 19.3 Å². The third-order valence-corrected chi connectivity index (χ3v) is 7.62. The van der Waals surface area contributed by atoms with E-state index in [2.05, 4.69) is 0 Å². The van der Waals surface area contributed by atoms with Crippen molar-refractivity contribution in [1.29, 1.82) is 0 Å². The average molecular weight is 319 g/mol. The molecule has 4 bridgehead atoms. The molecule has 5 aliphatic rings. The topological polar surface area (TPSA) is 83.6 Å². The van der Waals surface area contributed by atoms with Gasteiger partial charge in [-0.25, -0.2) is 0 Å². The van der Waals surface area contributed by atoms with Gasteiger partial charge in [0, 0.05) is 11.7 Å². The van der Waals surface area contributed by atoms with Gasteiger partial charge in [0.2, 0.25) is 0 Å². The van der Waals surface area contributed by atoms with Crippen molar-refractivity contribution in [2.24, 2.45) is 34.8 Å². The van der Waals surface area contributed by atoms with Crippen LogP contribution in [0.1, 0.15) is 64.2 Å². The Balaban J connectivity index is 1.54. The number of rotatable bonds is 4. The van der Waals surface area contributed by atoms with Crippen molar-refractivity contribution < 1.29 is 14.8 Å². The van der Waals surface area contributed by atoms with Crippen LogP contribution < -0.4 is 5.73 Å². The zero-order valence-electron chi connectivity index (χ0n) is 14.0. The Labute approximate surface area is 139 Å². The first-order valence-electron chi connectivity index (χ1n) is 9.64. The Hall–Kier alpha value is -0.385. The highest BCUT2D eigenvalue weighted by Gasteiger charge is 2.56. The number of hydrogen-bond acceptors (Lipinski definition) is 4. The molecule has 0 aromatic rings. The zero-order chi connectivity index (χ0) is 16.2. The molecule has 5 heteroatoms. The van der Waals surface area contributed by atoms with Crippen LogP contribution in [0.25, 0.3) is 0 Å². The maximum atomic E-state index is 13.2. The molecule has 5 rings (SSSR count). The second kappa shape index (κ2) is 5.85. The Bertz CT molecular complexity index is 446. The summed E-state index contributed by atoms with van der Waals surface area (Å²) in [4.78, 5) is 13.2.